The van der Waals surface area contributed by atoms with E-state index in [1.807, 2.05) is 27.7 Å². The zero-order valence-corrected chi connectivity index (χ0v) is 12.4. The maximum absolute atomic E-state index is 9.15. The van der Waals surface area contributed by atoms with Crippen molar-refractivity contribution < 1.29 is 9.31 Å². The minimum absolute atomic E-state index is 0.419. The monoisotopic (exact) mass is 308 g/mol. The number of hydrogen-bond donors (Lipinski definition) is 0. The molecule has 0 radical (unpaired) electrons. The van der Waals surface area contributed by atoms with Crippen molar-refractivity contribution in [2.24, 2.45) is 0 Å². The molecule has 18 heavy (non-hydrogen) atoms. The zero-order valence-electron chi connectivity index (χ0n) is 10.8. The highest BCUT2D eigenvalue weighted by Crippen LogP contribution is 2.36. The van der Waals surface area contributed by atoms with Crippen LogP contribution in [0, 0.1) is 11.3 Å². The van der Waals surface area contributed by atoms with Gasteiger partial charge >= 0.3 is 7.12 Å². The Balaban J connectivity index is 2.39. The molecule has 1 saturated heterocycles. The first kappa shape index (κ1) is 13.5. The first-order chi connectivity index (χ1) is 8.27. The van der Waals surface area contributed by atoms with Gasteiger partial charge in [-0.2, -0.15) is 5.26 Å². The Morgan fingerprint density at radius 3 is 2.33 bits per heavy atom. The second-order valence-electron chi connectivity index (χ2n) is 5.29. The van der Waals surface area contributed by atoms with E-state index in [4.69, 9.17) is 14.6 Å². The summed E-state index contributed by atoms with van der Waals surface area (Å²) in [5.74, 6) is 0. The lowest BCUT2D eigenvalue weighted by Gasteiger charge is -2.32. The summed E-state index contributed by atoms with van der Waals surface area (Å²) in [7, 11) is -0.551. The molecular weight excluding hydrogens is 295 g/mol. The van der Waals surface area contributed by atoms with Crippen LogP contribution in [0.25, 0.3) is 0 Å². The Labute approximate surface area is 116 Å². The van der Waals surface area contributed by atoms with Gasteiger partial charge in [0.15, 0.2) is 0 Å². The SMILES string of the molecule is CC1(C)OB(c2cnc(Br)cc2C#N)OC1(C)C. The normalized spacial score (nSPS) is 20.8. The van der Waals surface area contributed by atoms with Gasteiger partial charge in [-0.3, -0.25) is 0 Å². The van der Waals surface area contributed by atoms with E-state index in [9.17, 15) is 0 Å². The van der Waals surface area contributed by atoms with E-state index in [2.05, 4.69) is 27.0 Å². The summed E-state index contributed by atoms with van der Waals surface area (Å²) < 4.78 is 12.4. The minimum atomic E-state index is -0.551. The molecule has 0 atom stereocenters. The van der Waals surface area contributed by atoms with E-state index in [0.29, 0.717) is 15.6 Å². The van der Waals surface area contributed by atoms with Crippen molar-refractivity contribution in [3.8, 4) is 6.07 Å². The van der Waals surface area contributed by atoms with Crippen molar-refractivity contribution in [2.75, 3.05) is 0 Å². The van der Waals surface area contributed by atoms with Gasteiger partial charge in [0.1, 0.15) is 4.60 Å². The quantitative estimate of drug-likeness (QED) is 0.588. The Morgan fingerprint density at radius 1 is 1.28 bits per heavy atom. The van der Waals surface area contributed by atoms with Crippen LogP contribution >= 0.6 is 15.9 Å². The summed E-state index contributed by atoms with van der Waals surface area (Å²) in [5, 5.41) is 9.15. The van der Waals surface area contributed by atoms with E-state index in [0.717, 1.165) is 0 Å². The molecule has 6 heteroatoms. The van der Waals surface area contributed by atoms with Gasteiger partial charge in [0.05, 0.1) is 22.8 Å². The van der Waals surface area contributed by atoms with E-state index < -0.39 is 18.3 Å². The van der Waals surface area contributed by atoms with Crippen LogP contribution < -0.4 is 5.46 Å². The topological polar surface area (TPSA) is 55.1 Å². The molecule has 0 spiro atoms. The van der Waals surface area contributed by atoms with Gasteiger partial charge in [0.2, 0.25) is 0 Å². The molecule has 0 amide bonds. The van der Waals surface area contributed by atoms with E-state index >= 15 is 0 Å². The fourth-order valence-electron chi connectivity index (χ4n) is 1.70. The first-order valence-electron chi connectivity index (χ1n) is 5.68. The molecule has 0 bridgehead atoms. The van der Waals surface area contributed by atoms with Crippen LogP contribution in [-0.2, 0) is 9.31 Å². The predicted octanol–water partition coefficient (Wildman–Crippen LogP) is 2.01. The van der Waals surface area contributed by atoms with Gasteiger partial charge in [0, 0.05) is 11.7 Å². The summed E-state index contributed by atoms with van der Waals surface area (Å²) in [5.41, 5.74) is 0.337. The largest absolute Gasteiger partial charge is 0.497 e. The third-order valence-electron chi connectivity index (χ3n) is 3.53. The number of nitriles is 1. The van der Waals surface area contributed by atoms with Crippen LogP contribution in [0.2, 0.25) is 0 Å². The molecule has 2 heterocycles. The highest BCUT2D eigenvalue weighted by atomic mass is 79.9. The Bertz CT molecular complexity index is 509. The van der Waals surface area contributed by atoms with Crippen LogP contribution in [0.4, 0.5) is 0 Å². The van der Waals surface area contributed by atoms with Crippen LogP contribution in [0.5, 0.6) is 0 Å². The van der Waals surface area contributed by atoms with Crippen molar-refractivity contribution in [1.29, 1.82) is 5.26 Å². The molecular formula is C12H14BBrN2O2. The smallest absolute Gasteiger partial charge is 0.399 e. The Hall–Kier alpha value is -0.895. The third kappa shape index (κ3) is 2.18. The molecule has 2 rings (SSSR count). The average Bonchev–Trinajstić information content (AvgIpc) is 2.47. The summed E-state index contributed by atoms with van der Waals surface area (Å²) in [4.78, 5) is 4.13. The molecule has 1 aromatic heterocycles. The average molecular weight is 309 g/mol. The maximum atomic E-state index is 9.15. The molecule has 4 nitrogen and oxygen atoms in total. The molecule has 0 unspecified atom stereocenters. The summed E-state index contributed by atoms with van der Waals surface area (Å²) in [6.45, 7) is 7.91. The van der Waals surface area contributed by atoms with Crippen molar-refractivity contribution in [3.63, 3.8) is 0 Å². The van der Waals surface area contributed by atoms with Gasteiger partial charge in [-0.25, -0.2) is 4.98 Å². The molecule has 1 aliphatic rings. The molecule has 1 aromatic rings. The predicted molar refractivity (Wildman–Crippen MR) is 72.4 cm³/mol. The van der Waals surface area contributed by atoms with Crippen molar-refractivity contribution in [3.05, 3.63) is 22.4 Å². The lowest BCUT2D eigenvalue weighted by molar-refractivity contribution is 0.00578. The second kappa shape index (κ2) is 4.34. The van der Waals surface area contributed by atoms with E-state index in [-0.39, 0.29) is 0 Å². The Kier molecular flexibility index (Phi) is 3.26. The second-order valence-corrected chi connectivity index (χ2v) is 6.11. The number of pyridine rings is 1. The van der Waals surface area contributed by atoms with Gasteiger partial charge in [-0.15, -0.1) is 0 Å². The summed E-state index contributed by atoms with van der Waals surface area (Å²) >= 11 is 3.25. The number of halogens is 1. The van der Waals surface area contributed by atoms with E-state index in [1.165, 1.54) is 0 Å². The lowest BCUT2D eigenvalue weighted by atomic mass is 9.77. The highest BCUT2D eigenvalue weighted by molar-refractivity contribution is 9.10. The van der Waals surface area contributed by atoms with Crippen molar-refractivity contribution in [2.45, 2.75) is 38.9 Å². The van der Waals surface area contributed by atoms with Crippen LogP contribution in [0.1, 0.15) is 33.3 Å². The molecule has 0 saturated carbocycles. The lowest BCUT2D eigenvalue weighted by Crippen LogP contribution is -2.41. The van der Waals surface area contributed by atoms with Crippen molar-refractivity contribution in [1.82, 2.24) is 4.98 Å². The van der Waals surface area contributed by atoms with Gasteiger partial charge in [-0.05, 0) is 49.7 Å². The third-order valence-corrected chi connectivity index (χ3v) is 3.96. The number of rotatable bonds is 1. The fraction of sp³-hybridized carbons (Fsp3) is 0.500. The zero-order chi connectivity index (χ0) is 13.6. The molecule has 0 N–H and O–H groups in total. The summed E-state index contributed by atoms with van der Waals surface area (Å²) in [6, 6.07) is 3.81. The standard InChI is InChI=1S/C12H14BBrN2O2/c1-11(2)12(3,4)18-13(17-11)9-7-16-10(14)5-8(9)6-15/h5,7H,1-4H3. The van der Waals surface area contributed by atoms with Gasteiger partial charge in [0.25, 0.3) is 0 Å². The highest BCUT2D eigenvalue weighted by Gasteiger charge is 2.52. The molecule has 0 aromatic carbocycles. The number of nitrogens with zero attached hydrogens (tertiary/aromatic N) is 2. The summed E-state index contributed by atoms with van der Waals surface area (Å²) in [6.07, 6.45) is 1.62. The fourth-order valence-corrected chi connectivity index (χ4v) is 2.03. The number of hydrogen-bond acceptors (Lipinski definition) is 4. The molecule has 94 valence electrons. The van der Waals surface area contributed by atoms with Crippen molar-refractivity contribution >= 4 is 28.5 Å². The molecule has 1 aliphatic heterocycles. The van der Waals surface area contributed by atoms with Crippen LogP contribution in [0.3, 0.4) is 0 Å². The van der Waals surface area contributed by atoms with Gasteiger partial charge in [-0.1, -0.05) is 0 Å². The van der Waals surface area contributed by atoms with Crippen LogP contribution in [-0.4, -0.2) is 23.3 Å². The van der Waals surface area contributed by atoms with Gasteiger partial charge < -0.3 is 9.31 Å². The first-order valence-corrected chi connectivity index (χ1v) is 6.47. The molecule has 1 fully saturated rings. The van der Waals surface area contributed by atoms with Crippen LogP contribution in [0.15, 0.2) is 16.9 Å². The van der Waals surface area contributed by atoms with E-state index in [1.54, 1.807) is 12.3 Å². The maximum Gasteiger partial charge on any atom is 0.497 e. The Morgan fingerprint density at radius 2 is 1.83 bits per heavy atom. The number of aromatic nitrogens is 1. The minimum Gasteiger partial charge on any atom is -0.399 e. The molecule has 0 aliphatic carbocycles.